The number of carbonyl (C=O) groups is 1. The molecule has 0 spiro atoms. The van der Waals surface area contributed by atoms with Gasteiger partial charge >= 0.3 is 0 Å². The summed E-state index contributed by atoms with van der Waals surface area (Å²) in [4.78, 5) is 33.3. The van der Waals surface area contributed by atoms with Crippen LogP contribution in [0, 0.1) is 10.1 Å². The molecule has 0 N–H and O–H groups in total. The highest BCUT2D eigenvalue weighted by atomic mass is 32.1. The van der Waals surface area contributed by atoms with E-state index in [-0.39, 0.29) is 11.6 Å². The van der Waals surface area contributed by atoms with Gasteiger partial charge in [-0.25, -0.2) is 4.98 Å². The van der Waals surface area contributed by atoms with Crippen molar-refractivity contribution in [3.8, 4) is 11.5 Å². The summed E-state index contributed by atoms with van der Waals surface area (Å²) in [5, 5.41) is 16.0. The zero-order valence-corrected chi connectivity index (χ0v) is 19.8. The molecule has 176 valence electrons. The Morgan fingerprint density at radius 3 is 2.82 bits per heavy atom. The van der Waals surface area contributed by atoms with Gasteiger partial charge in [0.1, 0.15) is 11.3 Å². The summed E-state index contributed by atoms with van der Waals surface area (Å²) in [6.07, 6.45) is 0.820. The molecule has 11 heteroatoms. The van der Waals surface area contributed by atoms with Crippen molar-refractivity contribution in [2.24, 2.45) is 0 Å². The number of fused-ring (bicyclic) bond motifs is 1. The molecular weight excluding hydrogens is 476 g/mol. The lowest BCUT2D eigenvalue weighted by molar-refractivity contribution is -0.384. The predicted octanol–water partition coefficient (Wildman–Crippen LogP) is 4.90. The second-order valence-corrected chi connectivity index (χ2v) is 9.63. The first-order valence-corrected chi connectivity index (χ1v) is 12.6. The first kappa shape index (κ1) is 22.7. The number of aromatic nitrogens is 1. The standard InChI is InChI=1S/C23H22N4O5S2/c28-22(21-3-1-12-33-21)26(7-2-6-25-8-10-31-11-9-25)23-24-18(15-34-23)20-14-16-13-17(27(29)30)4-5-19(16)32-20/h1,3-5,12-15H,2,6-11H2. The second kappa shape index (κ2) is 10.0. The Balaban J connectivity index is 1.37. The molecule has 0 atom stereocenters. The molecule has 3 aromatic heterocycles. The molecule has 0 unspecified atom stereocenters. The number of benzene rings is 1. The van der Waals surface area contributed by atoms with E-state index >= 15 is 0 Å². The van der Waals surface area contributed by atoms with Crippen molar-refractivity contribution in [2.45, 2.75) is 6.42 Å². The minimum absolute atomic E-state index is 0.00630. The molecule has 9 nitrogen and oxygen atoms in total. The summed E-state index contributed by atoms with van der Waals surface area (Å²) >= 11 is 2.79. The number of nitro benzene ring substituents is 1. The monoisotopic (exact) mass is 498 g/mol. The van der Waals surface area contributed by atoms with Crippen molar-refractivity contribution >= 4 is 50.4 Å². The van der Waals surface area contributed by atoms with Crippen molar-refractivity contribution in [3.05, 3.63) is 62.1 Å². The van der Waals surface area contributed by atoms with Crippen LogP contribution in [0.3, 0.4) is 0 Å². The summed E-state index contributed by atoms with van der Waals surface area (Å²) < 4.78 is 11.3. The van der Waals surface area contributed by atoms with Crippen LogP contribution in [0.25, 0.3) is 22.4 Å². The van der Waals surface area contributed by atoms with Gasteiger partial charge < -0.3 is 9.15 Å². The largest absolute Gasteiger partial charge is 0.454 e. The zero-order chi connectivity index (χ0) is 23.5. The molecule has 1 amide bonds. The number of furan rings is 1. The minimum Gasteiger partial charge on any atom is -0.454 e. The number of non-ortho nitro benzene ring substituents is 1. The van der Waals surface area contributed by atoms with Gasteiger partial charge in [-0.2, -0.15) is 0 Å². The van der Waals surface area contributed by atoms with Crippen molar-refractivity contribution in [3.63, 3.8) is 0 Å². The van der Waals surface area contributed by atoms with Crippen molar-refractivity contribution in [2.75, 3.05) is 44.3 Å². The van der Waals surface area contributed by atoms with Crippen LogP contribution in [0.4, 0.5) is 10.8 Å². The van der Waals surface area contributed by atoms with Gasteiger partial charge in [0.05, 0.1) is 23.0 Å². The topological polar surface area (TPSA) is 102 Å². The molecule has 0 bridgehead atoms. The SMILES string of the molecule is O=C(c1cccs1)N(CCCN1CCOCC1)c1nc(-c2cc3cc([N+](=O)[O-])ccc3o2)cs1. The third-order valence-corrected chi connectivity index (χ3v) is 7.34. The lowest BCUT2D eigenvalue weighted by Crippen LogP contribution is -2.39. The smallest absolute Gasteiger partial charge is 0.270 e. The summed E-state index contributed by atoms with van der Waals surface area (Å²) in [5.74, 6) is 0.438. The van der Waals surface area contributed by atoms with Crippen molar-refractivity contribution in [1.29, 1.82) is 0 Å². The fraction of sp³-hybridized carbons (Fsp3) is 0.304. The second-order valence-electron chi connectivity index (χ2n) is 7.85. The van der Waals surface area contributed by atoms with Gasteiger partial charge in [0.25, 0.3) is 11.6 Å². The van der Waals surface area contributed by atoms with Crippen molar-refractivity contribution < 1.29 is 18.9 Å². The first-order chi connectivity index (χ1) is 16.6. The van der Waals surface area contributed by atoms with E-state index in [0.717, 1.165) is 39.3 Å². The Labute approximate surface area is 203 Å². The van der Waals surface area contributed by atoms with Gasteiger partial charge in [0.15, 0.2) is 10.9 Å². The molecule has 34 heavy (non-hydrogen) atoms. The Hall–Kier alpha value is -3.12. The van der Waals surface area contributed by atoms with E-state index in [1.807, 2.05) is 22.9 Å². The predicted molar refractivity (Wildman–Crippen MR) is 132 cm³/mol. The number of ether oxygens (including phenoxy) is 1. The van der Waals surface area contributed by atoms with Crippen LogP contribution in [0.2, 0.25) is 0 Å². The molecule has 4 aromatic rings. The summed E-state index contributed by atoms with van der Waals surface area (Å²) in [5.41, 5.74) is 1.15. The van der Waals surface area contributed by atoms with Crippen LogP contribution in [-0.2, 0) is 4.74 Å². The lowest BCUT2D eigenvalue weighted by Gasteiger charge is -2.27. The normalized spacial score (nSPS) is 14.5. The van der Waals surface area contributed by atoms with E-state index in [9.17, 15) is 14.9 Å². The Kier molecular flexibility index (Phi) is 6.68. The highest BCUT2D eigenvalue weighted by Crippen LogP contribution is 2.33. The number of morpholine rings is 1. The average Bonchev–Trinajstić information content (AvgIpc) is 3.62. The molecule has 1 saturated heterocycles. The van der Waals surface area contributed by atoms with Crippen LogP contribution in [0.5, 0.6) is 0 Å². The number of carbonyl (C=O) groups excluding carboxylic acids is 1. The number of nitro groups is 1. The Morgan fingerprint density at radius 2 is 2.06 bits per heavy atom. The van der Waals surface area contributed by atoms with Gasteiger partial charge in [-0.15, -0.1) is 22.7 Å². The molecule has 0 radical (unpaired) electrons. The van der Waals surface area contributed by atoms with E-state index in [1.165, 1.54) is 34.8 Å². The van der Waals surface area contributed by atoms with Crippen LogP contribution >= 0.6 is 22.7 Å². The average molecular weight is 499 g/mol. The summed E-state index contributed by atoms with van der Waals surface area (Å²) in [7, 11) is 0. The van der Waals surface area contributed by atoms with Crippen LogP contribution < -0.4 is 4.90 Å². The number of nitrogens with zero attached hydrogens (tertiary/aromatic N) is 4. The van der Waals surface area contributed by atoms with E-state index in [0.29, 0.717) is 39.0 Å². The van der Waals surface area contributed by atoms with Gasteiger partial charge in [0, 0.05) is 49.1 Å². The zero-order valence-electron chi connectivity index (χ0n) is 18.2. The summed E-state index contributed by atoms with van der Waals surface area (Å²) in [6, 6.07) is 9.91. The van der Waals surface area contributed by atoms with E-state index in [1.54, 1.807) is 17.0 Å². The number of thiophene rings is 1. The molecule has 5 rings (SSSR count). The Bertz CT molecular complexity index is 1290. The number of hydrogen-bond acceptors (Lipinski definition) is 9. The number of hydrogen-bond donors (Lipinski definition) is 0. The Morgan fingerprint density at radius 1 is 1.21 bits per heavy atom. The number of rotatable bonds is 8. The highest BCUT2D eigenvalue weighted by molar-refractivity contribution is 7.14. The number of amides is 1. The molecule has 1 fully saturated rings. The van der Waals surface area contributed by atoms with Gasteiger partial charge in [0.2, 0.25) is 0 Å². The van der Waals surface area contributed by atoms with E-state index < -0.39 is 4.92 Å². The molecule has 0 saturated carbocycles. The van der Waals surface area contributed by atoms with E-state index in [2.05, 4.69) is 4.90 Å². The van der Waals surface area contributed by atoms with Crippen LogP contribution in [-0.4, -0.2) is 60.1 Å². The third-order valence-electron chi connectivity index (χ3n) is 5.62. The molecular formula is C23H22N4O5S2. The molecule has 1 aliphatic heterocycles. The third kappa shape index (κ3) is 4.87. The maximum absolute atomic E-state index is 13.3. The fourth-order valence-electron chi connectivity index (χ4n) is 3.87. The first-order valence-electron chi connectivity index (χ1n) is 10.9. The van der Waals surface area contributed by atoms with Crippen LogP contribution in [0.15, 0.2) is 51.6 Å². The number of thiazole rings is 1. The summed E-state index contributed by atoms with van der Waals surface area (Å²) in [6.45, 7) is 4.74. The molecule has 1 aromatic carbocycles. The van der Waals surface area contributed by atoms with Gasteiger partial charge in [-0.3, -0.25) is 24.7 Å². The molecule has 4 heterocycles. The van der Waals surface area contributed by atoms with Crippen molar-refractivity contribution in [1.82, 2.24) is 9.88 Å². The maximum atomic E-state index is 13.3. The fourth-order valence-corrected chi connectivity index (χ4v) is 5.38. The van der Waals surface area contributed by atoms with Gasteiger partial charge in [-0.1, -0.05) is 6.07 Å². The molecule has 1 aliphatic rings. The minimum atomic E-state index is -0.432. The number of anilines is 1. The molecule has 0 aliphatic carbocycles. The van der Waals surface area contributed by atoms with Gasteiger partial charge in [-0.05, 0) is 30.0 Å². The van der Waals surface area contributed by atoms with Crippen LogP contribution in [0.1, 0.15) is 16.1 Å². The quantitative estimate of drug-likeness (QED) is 0.252. The highest BCUT2D eigenvalue weighted by Gasteiger charge is 2.23. The van der Waals surface area contributed by atoms with E-state index in [4.69, 9.17) is 14.1 Å². The lowest BCUT2D eigenvalue weighted by atomic mass is 10.2. The maximum Gasteiger partial charge on any atom is 0.270 e.